The first-order chi connectivity index (χ1) is 16.2. The van der Waals surface area contributed by atoms with Crippen molar-refractivity contribution in [1.82, 2.24) is 0 Å². The highest BCUT2D eigenvalue weighted by molar-refractivity contribution is 5.78. The Morgan fingerprint density at radius 2 is 1.09 bits per heavy atom. The van der Waals surface area contributed by atoms with Gasteiger partial charge < -0.3 is 14.2 Å². The van der Waals surface area contributed by atoms with Crippen molar-refractivity contribution in [2.45, 2.75) is 142 Å². The Morgan fingerprint density at radius 1 is 0.636 bits per heavy atom. The number of hydrogen-bond acceptors (Lipinski definition) is 5. The largest absolute Gasteiger partial charge is 0.465 e. The molecule has 1 saturated carbocycles. The smallest absolute Gasteiger partial charge is 0.311 e. The van der Waals surface area contributed by atoms with E-state index < -0.39 is 0 Å². The first kappa shape index (κ1) is 28.1. The Labute approximate surface area is 202 Å². The summed E-state index contributed by atoms with van der Waals surface area (Å²) in [5, 5.41) is 0. The molecule has 0 aromatic rings. The van der Waals surface area contributed by atoms with Crippen molar-refractivity contribution in [3.8, 4) is 0 Å². The fourth-order valence-corrected chi connectivity index (χ4v) is 4.98. The normalized spacial score (nSPS) is 23.7. The number of carbonyl (C=O) groups is 2. The van der Waals surface area contributed by atoms with Gasteiger partial charge in [0.1, 0.15) is 0 Å². The fourth-order valence-electron chi connectivity index (χ4n) is 4.98. The molecule has 0 bridgehead atoms. The van der Waals surface area contributed by atoms with Gasteiger partial charge in [-0.05, 0) is 25.7 Å². The minimum atomic E-state index is -0.307. The van der Waals surface area contributed by atoms with Crippen LogP contribution in [0.25, 0.3) is 0 Å². The number of fused-ring (bicyclic) bond motifs is 1. The summed E-state index contributed by atoms with van der Waals surface area (Å²) in [5.41, 5.74) is 0. The molecule has 0 N–H and O–H groups in total. The summed E-state index contributed by atoms with van der Waals surface area (Å²) in [6, 6.07) is 0. The van der Waals surface area contributed by atoms with E-state index >= 15 is 0 Å². The summed E-state index contributed by atoms with van der Waals surface area (Å²) in [7, 11) is 0. The van der Waals surface area contributed by atoms with E-state index in [1.165, 1.54) is 77.0 Å². The van der Waals surface area contributed by atoms with Crippen LogP contribution in [0.1, 0.15) is 129 Å². The van der Waals surface area contributed by atoms with Crippen molar-refractivity contribution < 1.29 is 23.8 Å². The standard InChI is InChI=1S/C28H50O5/c1-3-5-7-9-11-13-15-17-19-31-27(29)23-21-24(26-25(22-23)33-26)28(30)32-20-18-16-14-12-10-8-6-4-2/h23-26H,3-22H2,1-2H3. The second-order valence-corrected chi connectivity index (χ2v) is 10.2. The third-order valence-electron chi connectivity index (χ3n) is 7.19. The first-order valence-corrected chi connectivity index (χ1v) is 14.2. The van der Waals surface area contributed by atoms with E-state index in [0.717, 1.165) is 25.7 Å². The van der Waals surface area contributed by atoms with Crippen molar-refractivity contribution in [2.75, 3.05) is 13.2 Å². The average molecular weight is 467 g/mol. The number of epoxide rings is 1. The van der Waals surface area contributed by atoms with Crippen LogP contribution in [-0.2, 0) is 23.8 Å². The molecule has 0 radical (unpaired) electrons. The molecule has 4 atom stereocenters. The molecule has 5 nitrogen and oxygen atoms in total. The molecule has 0 aromatic carbocycles. The zero-order valence-corrected chi connectivity index (χ0v) is 21.5. The molecule has 2 rings (SSSR count). The Kier molecular flexibility index (Phi) is 14.8. The Balaban J connectivity index is 1.52. The van der Waals surface area contributed by atoms with Crippen molar-refractivity contribution in [3.05, 3.63) is 0 Å². The second kappa shape index (κ2) is 17.4. The quantitative estimate of drug-likeness (QED) is 0.108. The molecule has 192 valence electrons. The second-order valence-electron chi connectivity index (χ2n) is 10.2. The molecule has 2 aliphatic rings. The van der Waals surface area contributed by atoms with Gasteiger partial charge in [-0.25, -0.2) is 0 Å². The van der Waals surface area contributed by atoms with E-state index in [1.807, 2.05) is 0 Å². The molecule has 0 aromatic heterocycles. The summed E-state index contributed by atoms with van der Waals surface area (Å²) < 4.78 is 16.7. The molecule has 0 amide bonds. The third-order valence-corrected chi connectivity index (χ3v) is 7.19. The van der Waals surface area contributed by atoms with Crippen LogP contribution in [0.5, 0.6) is 0 Å². The number of unbranched alkanes of at least 4 members (excludes halogenated alkanes) is 14. The van der Waals surface area contributed by atoms with Crippen molar-refractivity contribution in [1.29, 1.82) is 0 Å². The van der Waals surface area contributed by atoms with Gasteiger partial charge in [-0.1, -0.05) is 104 Å². The minimum absolute atomic E-state index is 0.0279. The molecular weight excluding hydrogens is 416 g/mol. The highest BCUT2D eigenvalue weighted by Crippen LogP contribution is 2.44. The lowest BCUT2D eigenvalue weighted by Crippen LogP contribution is -2.35. The maximum atomic E-state index is 12.6. The maximum Gasteiger partial charge on any atom is 0.311 e. The Hall–Kier alpha value is -1.10. The predicted octanol–water partition coefficient (Wildman–Crippen LogP) is 7.15. The zero-order chi connectivity index (χ0) is 23.7. The molecule has 1 aliphatic heterocycles. The number of rotatable bonds is 20. The summed E-state index contributed by atoms with van der Waals surface area (Å²) in [5.74, 6) is -0.888. The minimum Gasteiger partial charge on any atom is -0.465 e. The highest BCUT2D eigenvalue weighted by atomic mass is 16.6. The molecule has 4 unspecified atom stereocenters. The van der Waals surface area contributed by atoms with Crippen LogP contribution in [0.4, 0.5) is 0 Å². The molecule has 0 spiro atoms. The van der Waals surface area contributed by atoms with Gasteiger partial charge in [0.25, 0.3) is 0 Å². The number of hydrogen-bond donors (Lipinski definition) is 0. The highest BCUT2D eigenvalue weighted by Gasteiger charge is 2.55. The third kappa shape index (κ3) is 11.7. The van der Waals surface area contributed by atoms with E-state index in [2.05, 4.69) is 13.8 Å². The van der Waals surface area contributed by atoms with Crippen molar-refractivity contribution >= 4 is 11.9 Å². The molecule has 1 aliphatic carbocycles. The topological polar surface area (TPSA) is 65.1 Å². The van der Waals surface area contributed by atoms with Crippen LogP contribution >= 0.6 is 0 Å². The average Bonchev–Trinajstić information content (AvgIpc) is 3.61. The van der Waals surface area contributed by atoms with E-state index in [-0.39, 0.29) is 36.0 Å². The van der Waals surface area contributed by atoms with Gasteiger partial charge in [-0.2, -0.15) is 0 Å². The fraction of sp³-hybridized carbons (Fsp3) is 0.929. The molecule has 1 heterocycles. The Morgan fingerprint density at radius 3 is 1.61 bits per heavy atom. The molecule has 2 fully saturated rings. The summed E-state index contributed by atoms with van der Waals surface area (Å²) in [6.07, 6.45) is 20.7. The number of ether oxygens (including phenoxy) is 3. The number of carbonyl (C=O) groups excluding carboxylic acids is 2. The molecule has 33 heavy (non-hydrogen) atoms. The van der Waals surface area contributed by atoms with Gasteiger partial charge in [0.2, 0.25) is 0 Å². The lowest BCUT2D eigenvalue weighted by molar-refractivity contribution is -0.154. The van der Waals surface area contributed by atoms with Crippen molar-refractivity contribution in [2.24, 2.45) is 11.8 Å². The molecular formula is C28H50O5. The van der Waals surface area contributed by atoms with Gasteiger partial charge in [0, 0.05) is 0 Å². The van der Waals surface area contributed by atoms with Crippen LogP contribution in [0.15, 0.2) is 0 Å². The van der Waals surface area contributed by atoms with Gasteiger partial charge in [0.15, 0.2) is 0 Å². The van der Waals surface area contributed by atoms with Gasteiger partial charge in [-0.15, -0.1) is 0 Å². The summed E-state index contributed by atoms with van der Waals surface area (Å²) in [4.78, 5) is 25.1. The van der Waals surface area contributed by atoms with E-state index in [1.54, 1.807) is 0 Å². The van der Waals surface area contributed by atoms with Gasteiger partial charge in [-0.3, -0.25) is 9.59 Å². The summed E-state index contributed by atoms with van der Waals surface area (Å²) >= 11 is 0. The van der Waals surface area contributed by atoms with E-state index in [0.29, 0.717) is 26.1 Å². The molecule has 5 heteroatoms. The van der Waals surface area contributed by atoms with Crippen molar-refractivity contribution in [3.63, 3.8) is 0 Å². The Bertz CT molecular complexity index is 534. The van der Waals surface area contributed by atoms with Gasteiger partial charge >= 0.3 is 11.9 Å². The molecule has 1 saturated heterocycles. The maximum absolute atomic E-state index is 12.6. The van der Waals surface area contributed by atoms with Gasteiger partial charge in [0.05, 0.1) is 37.3 Å². The van der Waals surface area contributed by atoms with E-state index in [4.69, 9.17) is 14.2 Å². The van der Waals surface area contributed by atoms with Crippen LogP contribution in [0.3, 0.4) is 0 Å². The van der Waals surface area contributed by atoms with Crippen LogP contribution in [0.2, 0.25) is 0 Å². The van der Waals surface area contributed by atoms with Crippen LogP contribution in [0, 0.1) is 11.8 Å². The SMILES string of the molecule is CCCCCCCCCCOC(=O)C1CC2OC2C(C(=O)OCCCCCCCCCC)C1. The number of esters is 2. The van der Waals surface area contributed by atoms with Crippen LogP contribution < -0.4 is 0 Å². The van der Waals surface area contributed by atoms with Crippen LogP contribution in [-0.4, -0.2) is 37.4 Å². The lowest BCUT2D eigenvalue weighted by atomic mass is 9.81. The first-order valence-electron chi connectivity index (χ1n) is 14.2. The predicted molar refractivity (Wildman–Crippen MR) is 132 cm³/mol. The monoisotopic (exact) mass is 466 g/mol. The lowest BCUT2D eigenvalue weighted by Gasteiger charge is -2.23. The summed E-state index contributed by atoms with van der Waals surface area (Å²) in [6.45, 7) is 5.44. The zero-order valence-electron chi connectivity index (χ0n) is 21.5. The van der Waals surface area contributed by atoms with E-state index in [9.17, 15) is 9.59 Å².